The first kappa shape index (κ1) is 19.7. The highest BCUT2D eigenvalue weighted by Crippen LogP contribution is 2.31. The summed E-state index contributed by atoms with van der Waals surface area (Å²) in [6, 6.07) is 15.1. The fourth-order valence-corrected chi connectivity index (χ4v) is 2.98. The lowest BCUT2D eigenvalue weighted by atomic mass is 10.2. The first-order valence-electron chi connectivity index (χ1n) is 9.68. The highest BCUT2D eigenvalue weighted by atomic mass is 16.5. The van der Waals surface area contributed by atoms with Crippen molar-refractivity contribution in [3.05, 3.63) is 54.1 Å². The third kappa shape index (κ3) is 5.25. The molecule has 0 unspecified atom stereocenters. The van der Waals surface area contributed by atoms with Crippen molar-refractivity contribution in [1.82, 2.24) is 5.32 Å². The molecule has 1 aliphatic rings. The molecule has 3 rings (SSSR count). The largest absolute Gasteiger partial charge is 0.494 e. The Balaban J connectivity index is 1.49. The van der Waals surface area contributed by atoms with E-state index in [2.05, 4.69) is 12.2 Å². The van der Waals surface area contributed by atoms with Crippen molar-refractivity contribution >= 4 is 17.5 Å². The zero-order valence-electron chi connectivity index (χ0n) is 16.1. The second-order valence-corrected chi connectivity index (χ2v) is 6.68. The molecule has 0 fully saturated rings. The van der Waals surface area contributed by atoms with Crippen molar-refractivity contribution in [3.8, 4) is 11.5 Å². The molecule has 1 aliphatic heterocycles. The summed E-state index contributed by atoms with van der Waals surface area (Å²) in [5.74, 6) is 1.25. The number of benzene rings is 2. The molecule has 1 N–H and O–H groups in total. The van der Waals surface area contributed by atoms with Crippen molar-refractivity contribution in [2.45, 2.75) is 32.7 Å². The number of nitrogens with one attached hydrogen (secondary N) is 1. The first-order valence-corrected chi connectivity index (χ1v) is 9.68. The topological polar surface area (TPSA) is 67.9 Å². The zero-order valence-corrected chi connectivity index (χ0v) is 16.1. The van der Waals surface area contributed by atoms with Crippen molar-refractivity contribution in [2.24, 2.45) is 0 Å². The maximum absolute atomic E-state index is 12.3. The van der Waals surface area contributed by atoms with Crippen LogP contribution in [-0.4, -0.2) is 31.6 Å². The van der Waals surface area contributed by atoms with Gasteiger partial charge in [0.15, 0.2) is 6.61 Å². The van der Waals surface area contributed by atoms with Crippen molar-refractivity contribution in [1.29, 1.82) is 0 Å². The fraction of sp³-hybridized carbons (Fsp3) is 0.364. The van der Waals surface area contributed by atoms with Crippen LogP contribution in [0.4, 0.5) is 5.69 Å². The van der Waals surface area contributed by atoms with Gasteiger partial charge in [-0.2, -0.15) is 0 Å². The van der Waals surface area contributed by atoms with Gasteiger partial charge in [0, 0.05) is 19.5 Å². The number of para-hydroxylation sites is 2. The van der Waals surface area contributed by atoms with Gasteiger partial charge in [-0.3, -0.25) is 9.59 Å². The lowest BCUT2D eigenvalue weighted by molar-refractivity contribution is -0.122. The van der Waals surface area contributed by atoms with Crippen molar-refractivity contribution in [2.75, 3.05) is 24.7 Å². The van der Waals surface area contributed by atoms with E-state index in [0.29, 0.717) is 31.1 Å². The normalized spacial score (nSPS) is 12.9. The van der Waals surface area contributed by atoms with E-state index in [0.717, 1.165) is 24.2 Å². The average Bonchev–Trinajstić information content (AvgIpc) is 2.72. The Bertz CT molecular complexity index is 822. The molecule has 1 heterocycles. The van der Waals surface area contributed by atoms with Crippen molar-refractivity contribution in [3.63, 3.8) is 0 Å². The smallest absolute Gasteiger partial charge is 0.265 e. The molecule has 148 valence electrons. The molecule has 2 aromatic rings. The van der Waals surface area contributed by atoms with Gasteiger partial charge in [-0.15, -0.1) is 0 Å². The zero-order chi connectivity index (χ0) is 19.8. The van der Waals surface area contributed by atoms with E-state index in [1.807, 2.05) is 48.5 Å². The van der Waals surface area contributed by atoms with Crippen molar-refractivity contribution < 1.29 is 19.1 Å². The fourth-order valence-electron chi connectivity index (χ4n) is 2.98. The van der Waals surface area contributed by atoms with Crippen LogP contribution in [-0.2, 0) is 16.1 Å². The predicted octanol–water partition coefficient (Wildman–Crippen LogP) is 3.30. The number of hydrogen-bond acceptors (Lipinski definition) is 4. The van der Waals surface area contributed by atoms with Gasteiger partial charge < -0.3 is 19.7 Å². The summed E-state index contributed by atoms with van der Waals surface area (Å²) < 4.78 is 11.1. The molecule has 6 heteroatoms. The van der Waals surface area contributed by atoms with Crippen LogP contribution in [0.5, 0.6) is 11.5 Å². The van der Waals surface area contributed by atoms with Gasteiger partial charge in [0.05, 0.1) is 12.3 Å². The van der Waals surface area contributed by atoms with Crippen LogP contribution in [0.15, 0.2) is 48.5 Å². The number of nitrogens with zero attached hydrogens (tertiary/aromatic N) is 1. The molecule has 0 radical (unpaired) electrons. The predicted molar refractivity (Wildman–Crippen MR) is 108 cm³/mol. The van der Waals surface area contributed by atoms with Crippen LogP contribution in [0.3, 0.4) is 0 Å². The molecule has 0 aliphatic carbocycles. The number of rotatable bonds is 9. The molecular weight excluding hydrogens is 356 g/mol. The van der Waals surface area contributed by atoms with Crippen LogP contribution >= 0.6 is 0 Å². The SMILES string of the molecule is CCCCOc1cccc(CNC(=O)CCN2C(=O)COc3ccccc32)c1. The molecule has 0 bridgehead atoms. The number of amides is 2. The highest BCUT2D eigenvalue weighted by Gasteiger charge is 2.25. The number of fused-ring (bicyclic) bond motifs is 1. The van der Waals surface area contributed by atoms with Crippen LogP contribution < -0.4 is 19.7 Å². The summed E-state index contributed by atoms with van der Waals surface area (Å²) in [5, 5.41) is 2.91. The summed E-state index contributed by atoms with van der Waals surface area (Å²) >= 11 is 0. The summed E-state index contributed by atoms with van der Waals surface area (Å²) in [7, 11) is 0. The number of unbranched alkanes of at least 4 members (excludes halogenated alkanes) is 1. The Kier molecular flexibility index (Phi) is 6.89. The molecule has 0 saturated heterocycles. The molecule has 2 aromatic carbocycles. The minimum Gasteiger partial charge on any atom is -0.494 e. The number of carbonyl (C=O) groups is 2. The molecule has 2 amide bonds. The molecule has 0 spiro atoms. The number of carbonyl (C=O) groups excluding carboxylic acids is 2. The van der Waals surface area contributed by atoms with E-state index >= 15 is 0 Å². The van der Waals surface area contributed by atoms with Gasteiger partial charge in [0.2, 0.25) is 5.91 Å². The van der Waals surface area contributed by atoms with E-state index in [4.69, 9.17) is 9.47 Å². The Morgan fingerprint density at radius 2 is 2.07 bits per heavy atom. The average molecular weight is 382 g/mol. The lowest BCUT2D eigenvalue weighted by Crippen LogP contribution is -2.41. The van der Waals surface area contributed by atoms with E-state index in [9.17, 15) is 9.59 Å². The quantitative estimate of drug-likeness (QED) is 0.676. The second kappa shape index (κ2) is 9.78. The minimum atomic E-state index is -0.136. The molecule has 28 heavy (non-hydrogen) atoms. The minimum absolute atomic E-state index is 0.00343. The van der Waals surface area contributed by atoms with Crippen LogP contribution in [0.25, 0.3) is 0 Å². The Hall–Kier alpha value is -3.02. The first-order chi connectivity index (χ1) is 13.7. The second-order valence-electron chi connectivity index (χ2n) is 6.68. The van der Waals surface area contributed by atoms with Crippen LogP contribution in [0, 0.1) is 0 Å². The Morgan fingerprint density at radius 1 is 1.21 bits per heavy atom. The lowest BCUT2D eigenvalue weighted by Gasteiger charge is -2.29. The summed E-state index contributed by atoms with van der Waals surface area (Å²) in [5.41, 5.74) is 1.69. The van der Waals surface area contributed by atoms with Gasteiger partial charge in [0.1, 0.15) is 11.5 Å². The van der Waals surface area contributed by atoms with Gasteiger partial charge in [-0.25, -0.2) is 0 Å². The van der Waals surface area contributed by atoms with Gasteiger partial charge in [-0.1, -0.05) is 37.6 Å². The van der Waals surface area contributed by atoms with E-state index in [1.165, 1.54) is 0 Å². The maximum Gasteiger partial charge on any atom is 0.265 e. The monoisotopic (exact) mass is 382 g/mol. The maximum atomic E-state index is 12.3. The summed E-state index contributed by atoms with van der Waals surface area (Å²) in [6.07, 6.45) is 2.34. The van der Waals surface area contributed by atoms with Gasteiger partial charge in [-0.05, 0) is 36.2 Å². The van der Waals surface area contributed by atoms with E-state index < -0.39 is 0 Å². The number of anilines is 1. The van der Waals surface area contributed by atoms with Crippen LogP contribution in [0.1, 0.15) is 31.7 Å². The number of ether oxygens (including phenoxy) is 2. The summed E-state index contributed by atoms with van der Waals surface area (Å²) in [6.45, 7) is 3.58. The molecular formula is C22H26N2O4. The molecule has 6 nitrogen and oxygen atoms in total. The van der Waals surface area contributed by atoms with E-state index in [-0.39, 0.29) is 24.8 Å². The molecule has 0 saturated carbocycles. The van der Waals surface area contributed by atoms with Gasteiger partial charge in [0.25, 0.3) is 5.91 Å². The molecule has 0 atom stereocenters. The highest BCUT2D eigenvalue weighted by molar-refractivity contribution is 5.98. The van der Waals surface area contributed by atoms with Gasteiger partial charge >= 0.3 is 0 Å². The Morgan fingerprint density at radius 3 is 2.93 bits per heavy atom. The third-order valence-electron chi connectivity index (χ3n) is 4.53. The Labute approximate surface area is 165 Å². The summed E-state index contributed by atoms with van der Waals surface area (Å²) in [4.78, 5) is 26.0. The molecule has 0 aromatic heterocycles. The number of hydrogen-bond donors (Lipinski definition) is 1. The third-order valence-corrected chi connectivity index (χ3v) is 4.53. The van der Waals surface area contributed by atoms with Crippen LogP contribution in [0.2, 0.25) is 0 Å². The van der Waals surface area contributed by atoms with E-state index in [1.54, 1.807) is 4.90 Å². The standard InChI is InChI=1S/C22H26N2O4/c1-2-3-13-27-18-8-6-7-17(14-18)15-23-21(25)11-12-24-19-9-4-5-10-20(19)28-16-22(24)26/h4-10,14H,2-3,11-13,15-16H2,1H3,(H,23,25).